The third kappa shape index (κ3) is 4.52. The molecule has 0 atom stereocenters. The van der Waals surface area contributed by atoms with E-state index in [1.54, 1.807) is 0 Å². The average Bonchev–Trinajstić information content (AvgIpc) is 3.15. The Morgan fingerprint density at radius 2 is 1.90 bits per heavy atom. The largest absolute Gasteiger partial charge is 0.361 e. The number of hydrogen-bond acceptors (Lipinski definition) is 2. The van der Waals surface area contributed by atoms with Gasteiger partial charge < -0.3 is 14.2 Å². The Morgan fingerprint density at radius 1 is 1.17 bits per heavy atom. The third-order valence-corrected chi connectivity index (χ3v) is 6.18. The molecule has 0 aliphatic carbocycles. The molecule has 30 heavy (non-hydrogen) atoms. The van der Waals surface area contributed by atoms with Crippen molar-refractivity contribution in [2.75, 3.05) is 19.7 Å². The molecule has 3 aromatic rings. The lowest BCUT2D eigenvalue weighted by Crippen LogP contribution is -2.39. The zero-order valence-electron chi connectivity index (χ0n) is 17.1. The van der Waals surface area contributed by atoms with E-state index < -0.39 is 0 Å². The summed E-state index contributed by atoms with van der Waals surface area (Å²) >= 11 is 6.50. The summed E-state index contributed by atoms with van der Waals surface area (Å²) in [5.74, 6) is 0.283. The van der Waals surface area contributed by atoms with Gasteiger partial charge in [0.05, 0.1) is 16.1 Å². The maximum Gasteiger partial charge on any atom is 0.255 e. The minimum atomic E-state index is -0.207. The van der Waals surface area contributed by atoms with Crippen LogP contribution in [0.25, 0.3) is 10.9 Å². The summed E-state index contributed by atoms with van der Waals surface area (Å²) < 4.78 is 20.6. The Bertz CT molecular complexity index is 1020. The number of nitrogens with zero attached hydrogens (tertiary/aromatic N) is 2. The number of fused-ring (bicyclic) bond motifs is 1. The molecule has 2 heterocycles. The average molecular weight is 429 g/mol. The molecule has 158 valence electrons. The van der Waals surface area contributed by atoms with E-state index in [9.17, 15) is 9.18 Å². The lowest BCUT2D eigenvalue weighted by atomic mass is 9.90. The number of rotatable bonds is 6. The van der Waals surface area contributed by atoms with E-state index in [0.29, 0.717) is 42.9 Å². The molecule has 0 unspecified atom stereocenters. The van der Waals surface area contributed by atoms with Crippen LogP contribution < -0.4 is 0 Å². The van der Waals surface area contributed by atoms with Crippen molar-refractivity contribution in [3.63, 3.8) is 0 Å². The summed E-state index contributed by atoms with van der Waals surface area (Å²) in [6, 6.07) is 12.4. The second kappa shape index (κ2) is 9.19. The fourth-order valence-corrected chi connectivity index (χ4v) is 4.38. The summed E-state index contributed by atoms with van der Waals surface area (Å²) in [6.07, 6.45) is 4.75. The van der Waals surface area contributed by atoms with Gasteiger partial charge in [-0.2, -0.15) is 0 Å². The molecule has 4 nitrogen and oxygen atoms in total. The Kier molecular flexibility index (Phi) is 6.40. The first-order valence-corrected chi connectivity index (χ1v) is 10.8. The number of carbonyl (C=O) groups excluding carboxylic acids is 1. The van der Waals surface area contributed by atoms with E-state index in [0.717, 1.165) is 35.7 Å². The molecule has 6 heteroatoms. The zero-order valence-corrected chi connectivity index (χ0v) is 17.9. The van der Waals surface area contributed by atoms with Crippen LogP contribution in [-0.4, -0.2) is 35.1 Å². The molecule has 0 N–H and O–H groups in total. The van der Waals surface area contributed by atoms with Gasteiger partial charge in [0.2, 0.25) is 0 Å². The molecule has 0 radical (unpaired) electrons. The van der Waals surface area contributed by atoms with Crippen molar-refractivity contribution in [1.82, 2.24) is 9.47 Å². The van der Waals surface area contributed by atoms with E-state index in [1.807, 2.05) is 52.9 Å². The van der Waals surface area contributed by atoms with Gasteiger partial charge in [0.15, 0.2) is 0 Å². The number of hydrogen-bond donors (Lipinski definition) is 0. The topological polar surface area (TPSA) is 34.5 Å². The van der Waals surface area contributed by atoms with Crippen molar-refractivity contribution in [2.45, 2.75) is 32.9 Å². The van der Waals surface area contributed by atoms with Crippen molar-refractivity contribution in [3.05, 3.63) is 70.6 Å². The highest BCUT2D eigenvalue weighted by atomic mass is 35.5. The maximum absolute atomic E-state index is 13.1. The van der Waals surface area contributed by atoms with Crippen LogP contribution in [0.3, 0.4) is 0 Å². The van der Waals surface area contributed by atoms with Gasteiger partial charge in [0, 0.05) is 31.3 Å². The lowest BCUT2D eigenvalue weighted by molar-refractivity contribution is 0.0691. The fraction of sp³-hybridized carbons (Fsp3) is 0.375. The number of ether oxygens (including phenoxy) is 1. The molecule has 0 saturated carbocycles. The number of carbonyl (C=O) groups is 1. The molecule has 1 amide bonds. The highest BCUT2D eigenvalue weighted by molar-refractivity contribution is 6.34. The summed E-state index contributed by atoms with van der Waals surface area (Å²) in [5, 5.41) is 1.45. The van der Waals surface area contributed by atoms with Gasteiger partial charge in [-0.1, -0.05) is 23.7 Å². The standard InChI is InChI=1S/C24H26ClFN2O2/c1-2-30-16-28-12-9-19-14-21(22(25)15-23(19)28)24(29)27-10-7-18(8-11-27)13-17-3-5-20(26)6-4-17/h3-6,9,12,14-15,18H,2,7-8,10-11,13,16H2,1H3. The van der Waals surface area contributed by atoms with Crippen LogP contribution in [0.1, 0.15) is 35.7 Å². The number of aromatic nitrogens is 1. The summed E-state index contributed by atoms with van der Waals surface area (Å²) in [7, 11) is 0. The molecule has 1 aliphatic rings. The lowest BCUT2D eigenvalue weighted by Gasteiger charge is -2.32. The van der Waals surface area contributed by atoms with Crippen molar-refractivity contribution >= 4 is 28.4 Å². The predicted octanol–water partition coefficient (Wildman–Crippen LogP) is 5.52. The second-order valence-corrected chi connectivity index (χ2v) is 8.27. The first-order chi connectivity index (χ1) is 14.5. The van der Waals surface area contributed by atoms with Crippen LogP contribution in [-0.2, 0) is 17.9 Å². The minimum Gasteiger partial charge on any atom is -0.361 e. The van der Waals surface area contributed by atoms with Crippen molar-refractivity contribution < 1.29 is 13.9 Å². The number of piperidine rings is 1. The van der Waals surface area contributed by atoms with Gasteiger partial charge in [0.25, 0.3) is 5.91 Å². The highest BCUT2D eigenvalue weighted by Gasteiger charge is 2.25. The van der Waals surface area contributed by atoms with Crippen LogP contribution in [0, 0.1) is 11.7 Å². The molecular weight excluding hydrogens is 403 g/mol. The number of halogens is 2. The second-order valence-electron chi connectivity index (χ2n) is 7.86. The molecular formula is C24H26ClFN2O2. The monoisotopic (exact) mass is 428 g/mol. The van der Waals surface area contributed by atoms with Gasteiger partial charge in [-0.15, -0.1) is 0 Å². The molecule has 0 spiro atoms. The summed E-state index contributed by atoms with van der Waals surface area (Å²) in [5.41, 5.74) is 2.66. The van der Waals surface area contributed by atoms with Gasteiger partial charge in [-0.05, 0) is 68.0 Å². The third-order valence-electron chi connectivity index (χ3n) is 5.86. The molecule has 1 aromatic heterocycles. The SMILES string of the molecule is CCOCn1ccc2cc(C(=O)N3CCC(Cc4ccc(F)cc4)CC3)c(Cl)cc21. The van der Waals surface area contributed by atoms with Crippen LogP contribution >= 0.6 is 11.6 Å². The Balaban J connectivity index is 1.41. The van der Waals surface area contributed by atoms with Crippen molar-refractivity contribution in [3.8, 4) is 0 Å². The van der Waals surface area contributed by atoms with Crippen molar-refractivity contribution in [2.24, 2.45) is 5.92 Å². The Hall–Kier alpha value is -2.37. The van der Waals surface area contributed by atoms with Gasteiger partial charge in [-0.3, -0.25) is 4.79 Å². The van der Waals surface area contributed by atoms with Gasteiger partial charge >= 0.3 is 0 Å². The predicted molar refractivity (Wildman–Crippen MR) is 117 cm³/mol. The van der Waals surface area contributed by atoms with Crippen LogP contribution in [0.4, 0.5) is 4.39 Å². The van der Waals surface area contributed by atoms with E-state index >= 15 is 0 Å². The van der Waals surface area contributed by atoms with Crippen LogP contribution in [0.2, 0.25) is 5.02 Å². The molecule has 4 rings (SSSR count). The minimum absolute atomic E-state index is 0.0142. The molecule has 1 fully saturated rings. The molecule has 2 aromatic carbocycles. The normalized spacial score (nSPS) is 15.1. The summed E-state index contributed by atoms with van der Waals surface area (Å²) in [6.45, 7) is 4.49. The number of amides is 1. The van der Waals surface area contributed by atoms with Crippen molar-refractivity contribution in [1.29, 1.82) is 0 Å². The summed E-state index contributed by atoms with van der Waals surface area (Å²) in [4.78, 5) is 15.0. The van der Waals surface area contributed by atoms with Crippen LogP contribution in [0.5, 0.6) is 0 Å². The number of benzene rings is 2. The first kappa shape index (κ1) is 20.9. The van der Waals surface area contributed by atoms with Gasteiger partial charge in [-0.25, -0.2) is 4.39 Å². The Morgan fingerprint density at radius 3 is 2.60 bits per heavy atom. The first-order valence-electron chi connectivity index (χ1n) is 10.4. The fourth-order valence-electron chi connectivity index (χ4n) is 4.14. The van der Waals surface area contributed by atoms with Crippen LogP contribution in [0.15, 0.2) is 48.7 Å². The highest BCUT2D eigenvalue weighted by Crippen LogP contribution is 2.28. The smallest absolute Gasteiger partial charge is 0.255 e. The molecule has 1 saturated heterocycles. The van der Waals surface area contributed by atoms with Gasteiger partial charge in [0.1, 0.15) is 12.5 Å². The zero-order chi connectivity index (χ0) is 21.1. The molecule has 1 aliphatic heterocycles. The van der Waals surface area contributed by atoms with E-state index in [1.165, 1.54) is 12.1 Å². The molecule has 0 bridgehead atoms. The van der Waals surface area contributed by atoms with E-state index in [4.69, 9.17) is 16.3 Å². The number of likely N-dealkylation sites (tertiary alicyclic amines) is 1. The quantitative estimate of drug-likeness (QED) is 0.517. The van der Waals surface area contributed by atoms with E-state index in [2.05, 4.69) is 0 Å². The van der Waals surface area contributed by atoms with E-state index in [-0.39, 0.29) is 11.7 Å². The maximum atomic E-state index is 13.1. The Labute approximate surface area is 181 Å².